The Bertz CT molecular complexity index is 777. The first-order valence-corrected chi connectivity index (χ1v) is 11.8. The molecule has 0 unspecified atom stereocenters. The number of rotatable bonds is 12. The summed E-state index contributed by atoms with van der Waals surface area (Å²) in [4.78, 5) is 17.1. The lowest BCUT2D eigenvalue weighted by atomic mass is 10.2. The second kappa shape index (κ2) is 13.8. The lowest BCUT2D eigenvalue weighted by Crippen LogP contribution is -2.42. The van der Waals surface area contributed by atoms with Crippen molar-refractivity contribution in [2.24, 2.45) is 0 Å². The van der Waals surface area contributed by atoms with E-state index in [0.717, 1.165) is 82.1 Å². The van der Waals surface area contributed by atoms with Gasteiger partial charge in [0.05, 0.1) is 13.2 Å². The van der Waals surface area contributed by atoms with Crippen LogP contribution in [0.5, 0.6) is 5.75 Å². The molecule has 0 bridgehead atoms. The maximum atomic E-state index is 12.8. The Kier molecular flexibility index (Phi) is 10.4. The first-order chi connectivity index (χ1) is 15.7. The van der Waals surface area contributed by atoms with Gasteiger partial charge in [-0.25, -0.2) is 4.79 Å². The molecular weight excluding hydrogens is 402 g/mol. The molecule has 1 saturated heterocycles. The molecule has 1 heterocycles. The molecule has 0 atom stereocenters. The van der Waals surface area contributed by atoms with Gasteiger partial charge in [-0.2, -0.15) is 0 Å². The number of hydrogen-bond donors (Lipinski definition) is 1. The fourth-order valence-electron chi connectivity index (χ4n) is 3.70. The minimum Gasteiger partial charge on any atom is -0.489 e. The lowest BCUT2D eigenvalue weighted by molar-refractivity contribution is 0.0364. The monoisotopic (exact) mass is 439 g/mol. The molecule has 32 heavy (non-hydrogen) atoms. The molecule has 1 N–H and O–H groups in total. The zero-order valence-corrected chi connectivity index (χ0v) is 19.3. The Balaban J connectivity index is 1.51. The summed E-state index contributed by atoms with van der Waals surface area (Å²) in [5, 5.41) is 3.07. The number of urea groups is 1. The lowest BCUT2D eigenvalue weighted by Gasteiger charge is -2.28. The summed E-state index contributed by atoms with van der Waals surface area (Å²) < 4.78 is 11.3. The Morgan fingerprint density at radius 2 is 1.78 bits per heavy atom. The molecular formula is C26H37N3O3. The topological polar surface area (TPSA) is 54.0 Å². The van der Waals surface area contributed by atoms with E-state index in [1.54, 1.807) is 0 Å². The molecule has 1 fully saturated rings. The fraction of sp³-hybridized carbons (Fsp3) is 0.500. The van der Waals surface area contributed by atoms with Crippen molar-refractivity contribution in [2.45, 2.75) is 39.3 Å². The highest BCUT2D eigenvalue weighted by Gasteiger charge is 2.15. The molecule has 0 spiro atoms. The van der Waals surface area contributed by atoms with Crippen LogP contribution in [0.1, 0.15) is 37.3 Å². The van der Waals surface area contributed by atoms with Crippen molar-refractivity contribution in [3.63, 3.8) is 0 Å². The summed E-state index contributed by atoms with van der Waals surface area (Å²) >= 11 is 0. The number of nitrogens with one attached hydrogen (secondary N) is 1. The zero-order valence-electron chi connectivity index (χ0n) is 19.3. The highest BCUT2D eigenvalue weighted by Crippen LogP contribution is 2.16. The SMILES string of the molecule is CCCCNC(=O)N(CCCN1CCOCC1)Cc1ccc(OCc2ccccc2)cc1. The zero-order chi connectivity index (χ0) is 22.4. The first kappa shape index (κ1) is 24.1. The second-order valence-electron chi connectivity index (χ2n) is 8.23. The van der Waals surface area contributed by atoms with Crippen LogP contribution < -0.4 is 10.1 Å². The molecule has 0 saturated carbocycles. The smallest absolute Gasteiger partial charge is 0.317 e. The molecule has 0 aliphatic carbocycles. The van der Waals surface area contributed by atoms with Gasteiger partial charge in [0.25, 0.3) is 0 Å². The van der Waals surface area contributed by atoms with Crippen LogP contribution in [-0.2, 0) is 17.9 Å². The van der Waals surface area contributed by atoms with Gasteiger partial charge in [-0.3, -0.25) is 4.90 Å². The third kappa shape index (κ3) is 8.52. The summed E-state index contributed by atoms with van der Waals surface area (Å²) in [5.41, 5.74) is 2.25. The summed E-state index contributed by atoms with van der Waals surface area (Å²) in [6.07, 6.45) is 3.03. The van der Waals surface area contributed by atoms with Gasteiger partial charge < -0.3 is 19.7 Å². The summed E-state index contributed by atoms with van der Waals surface area (Å²) in [6.45, 7) is 9.30. The average Bonchev–Trinajstić information content (AvgIpc) is 2.84. The maximum absolute atomic E-state index is 12.8. The van der Waals surface area contributed by atoms with Crippen molar-refractivity contribution >= 4 is 6.03 Å². The minimum atomic E-state index is 0.0184. The Morgan fingerprint density at radius 3 is 2.50 bits per heavy atom. The molecule has 0 aromatic heterocycles. The molecule has 1 aliphatic heterocycles. The molecule has 2 aromatic carbocycles. The molecule has 3 rings (SSSR count). The van der Waals surface area contributed by atoms with Crippen molar-refractivity contribution in [3.05, 3.63) is 65.7 Å². The molecule has 0 radical (unpaired) electrons. The van der Waals surface area contributed by atoms with Gasteiger partial charge in [0, 0.05) is 39.3 Å². The normalized spacial score (nSPS) is 14.2. The standard InChI is InChI=1S/C26H37N3O3/c1-2-3-14-27-26(30)29(16-7-15-28-17-19-31-20-18-28)21-23-10-12-25(13-11-23)32-22-24-8-5-4-6-9-24/h4-6,8-13H,2-3,7,14-22H2,1H3,(H,27,30). The van der Waals surface area contributed by atoms with Gasteiger partial charge >= 0.3 is 6.03 Å². The number of unbranched alkanes of at least 4 members (excludes halogenated alkanes) is 1. The molecule has 6 heteroatoms. The van der Waals surface area contributed by atoms with Gasteiger partial charge in [-0.05, 0) is 36.1 Å². The van der Waals surface area contributed by atoms with Crippen molar-refractivity contribution < 1.29 is 14.3 Å². The molecule has 1 aliphatic rings. The van der Waals surface area contributed by atoms with Crippen LogP contribution in [0.25, 0.3) is 0 Å². The predicted molar refractivity (Wildman–Crippen MR) is 128 cm³/mol. The summed E-state index contributed by atoms with van der Waals surface area (Å²) in [7, 11) is 0. The Hall–Kier alpha value is -2.57. The molecule has 6 nitrogen and oxygen atoms in total. The fourth-order valence-corrected chi connectivity index (χ4v) is 3.70. The van der Waals surface area contributed by atoms with Crippen LogP contribution >= 0.6 is 0 Å². The highest BCUT2D eigenvalue weighted by molar-refractivity contribution is 5.74. The summed E-state index contributed by atoms with van der Waals surface area (Å²) in [5.74, 6) is 0.837. The summed E-state index contributed by atoms with van der Waals surface area (Å²) in [6, 6.07) is 18.2. The van der Waals surface area contributed by atoms with Crippen molar-refractivity contribution in [1.29, 1.82) is 0 Å². The van der Waals surface area contributed by atoms with Gasteiger partial charge in [0.1, 0.15) is 12.4 Å². The van der Waals surface area contributed by atoms with Crippen LogP contribution in [0.4, 0.5) is 4.79 Å². The van der Waals surface area contributed by atoms with Crippen LogP contribution in [0, 0.1) is 0 Å². The van der Waals surface area contributed by atoms with Crippen molar-refractivity contribution in [1.82, 2.24) is 15.1 Å². The Labute approximate surface area is 192 Å². The number of carbonyl (C=O) groups is 1. The number of amides is 2. The van der Waals surface area contributed by atoms with Crippen LogP contribution in [0.3, 0.4) is 0 Å². The molecule has 2 aromatic rings. The van der Waals surface area contributed by atoms with Crippen LogP contribution in [-0.4, -0.2) is 61.8 Å². The van der Waals surface area contributed by atoms with Gasteiger partial charge in [0.2, 0.25) is 0 Å². The van der Waals surface area contributed by atoms with E-state index in [9.17, 15) is 4.79 Å². The van der Waals surface area contributed by atoms with E-state index < -0.39 is 0 Å². The second-order valence-corrected chi connectivity index (χ2v) is 8.23. The number of morpholine rings is 1. The van der Waals surface area contributed by atoms with E-state index in [2.05, 4.69) is 41.4 Å². The van der Waals surface area contributed by atoms with E-state index in [-0.39, 0.29) is 6.03 Å². The number of benzene rings is 2. The van der Waals surface area contributed by atoms with E-state index in [1.165, 1.54) is 0 Å². The largest absolute Gasteiger partial charge is 0.489 e. The predicted octanol–water partition coefficient (Wildman–Crippen LogP) is 4.30. The Morgan fingerprint density at radius 1 is 1.03 bits per heavy atom. The number of ether oxygens (including phenoxy) is 2. The van der Waals surface area contributed by atoms with E-state index in [0.29, 0.717) is 13.2 Å². The molecule has 2 amide bonds. The van der Waals surface area contributed by atoms with Crippen LogP contribution in [0.2, 0.25) is 0 Å². The van der Waals surface area contributed by atoms with Gasteiger partial charge in [-0.15, -0.1) is 0 Å². The third-order valence-electron chi connectivity index (χ3n) is 5.64. The first-order valence-electron chi connectivity index (χ1n) is 11.8. The average molecular weight is 440 g/mol. The van der Waals surface area contributed by atoms with Gasteiger partial charge in [-0.1, -0.05) is 55.8 Å². The number of carbonyl (C=O) groups excluding carboxylic acids is 1. The van der Waals surface area contributed by atoms with E-state index in [4.69, 9.17) is 9.47 Å². The highest BCUT2D eigenvalue weighted by atomic mass is 16.5. The van der Waals surface area contributed by atoms with Crippen LogP contribution in [0.15, 0.2) is 54.6 Å². The van der Waals surface area contributed by atoms with Gasteiger partial charge in [0.15, 0.2) is 0 Å². The van der Waals surface area contributed by atoms with Crippen molar-refractivity contribution in [2.75, 3.05) is 45.9 Å². The van der Waals surface area contributed by atoms with Crippen molar-refractivity contribution in [3.8, 4) is 5.75 Å². The van der Waals surface area contributed by atoms with E-state index >= 15 is 0 Å². The number of hydrogen-bond acceptors (Lipinski definition) is 4. The minimum absolute atomic E-state index is 0.0184. The molecule has 174 valence electrons. The quantitative estimate of drug-likeness (QED) is 0.501. The van der Waals surface area contributed by atoms with E-state index in [1.807, 2.05) is 35.2 Å². The third-order valence-corrected chi connectivity index (χ3v) is 5.64. The maximum Gasteiger partial charge on any atom is 0.317 e. The number of nitrogens with zero attached hydrogens (tertiary/aromatic N) is 2.